The maximum atomic E-state index is 12.3. The van der Waals surface area contributed by atoms with Gasteiger partial charge in [0.2, 0.25) is 10.2 Å². The highest BCUT2D eigenvalue weighted by Gasteiger charge is 2.24. The Morgan fingerprint density at radius 3 is 1.74 bits per heavy atom. The van der Waals surface area contributed by atoms with Crippen LogP contribution in [0.15, 0.2) is 24.8 Å². The number of carbonyl (C=O) groups excluding carboxylic acids is 2. The summed E-state index contributed by atoms with van der Waals surface area (Å²) < 4.78 is 2.17. The molecule has 0 radical (unpaired) electrons. The van der Waals surface area contributed by atoms with E-state index in [-0.39, 0.29) is 10.2 Å². The molecule has 0 saturated carbocycles. The Morgan fingerprint density at radius 1 is 0.742 bits per heavy atom. The molecule has 31 heavy (non-hydrogen) atoms. The normalized spacial score (nSPS) is 12.4. The second-order valence-corrected chi connectivity index (χ2v) is 10.5. The minimum absolute atomic E-state index is 0.0589. The van der Waals surface area contributed by atoms with E-state index in [2.05, 4.69) is 41.2 Å². The highest BCUT2D eigenvalue weighted by molar-refractivity contribution is 8.14. The molecule has 0 heterocycles. The van der Waals surface area contributed by atoms with Gasteiger partial charge < -0.3 is 8.97 Å². The van der Waals surface area contributed by atoms with Crippen LogP contribution in [-0.4, -0.2) is 83.1 Å². The number of hydrogen-bond acceptors (Lipinski definition) is 4. The van der Waals surface area contributed by atoms with Crippen LogP contribution in [0.2, 0.25) is 0 Å². The zero-order chi connectivity index (χ0) is 23.6. The lowest BCUT2D eigenvalue weighted by Crippen LogP contribution is -2.50. The molecule has 0 aliphatic heterocycles. The van der Waals surface area contributed by atoms with Crippen LogP contribution in [0.25, 0.3) is 0 Å². The summed E-state index contributed by atoms with van der Waals surface area (Å²) in [5.74, 6) is 1.75. The molecule has 0 fully saturated rings. The first kappa shape index (κ1) is 30.4. The standard InChI is InChI=1S/C25H48N2O2S2/c1-7-17-27(12-6,18-8-2)21-23-31-25(29)16-14-13-15-19-26(10-4,11-5)20-22-30-24(28)9-3/h9,14,16H,3,7-8,10-13,15,17-23H2,1-2,4-6H3/q+2/b16-14+. The summed E-state index contributed by atoms with van der Waals surface area (Å²) in [6.07, 6.45) is 9.62. The number of carbonyl (C=O) groups is 2. The largest absolute Gasteiger partial charge is 0.323 e. The Hall–Kier alpha value is -0.560. The number of quaternary nitrogens is 2. The summed E-state index contributed by atoms with van der Waals surface area (Å²) in [5, 5.41) is 0.247. The van der Waals surface area contributed by atoms with Gasteiger partial charge in [-0.05, 0) is 52.2 Å². The predicted octanol–water partition coefficient (Wildman–Crippen LogP) is 5.54. The molecule has 0 aromatic rings. The average molecular weight is 473 g/mol. The van der Waals surface area contributed by atoms with Gasteiger partial charge in [-0.1, -0.05) is 50.0 Å². The third kappa shape index (κ3) is 12.9. The quantitative estimate of drug-likeness (QED) is 0.140. The van der Waals surface area contributed by atoms with Crippen LogP contribution >= 0.6 is 23.5 Å². The molecule has 4 nitrogen and oxygen atoms in total. The summed E-state index contributed by atoms with van der Waals surface area (Å²) in [7, 11) is 0. The van der Waals surface area contributed by atoms with Gasteiger partial charge in [-0.2, -0.15) is 0 Å². The van der Waals surface area contributed by atoms with E-state index < -0.39 is 0 Å². The lowest BCUT2D eigenvalue weighted by atomic mass is 10.2. The monoisotopic (exact) mass is 472 g/mol. The number of unbranched alkanes of at least 4 members (excludes halogenated alkanes) is 1. The van der Waals surface area contributed by atoms with E-state index in [1.54, 1.807) is 6.08 Å². The van der Waals surface area contributed by atoms with E-state index >= 15 is 0 Å². The van der Waals surface area contributed by atoms with Crippen molar-refractivity contribution >= 4 is 33.8 Å². The molecule has 0 aliphatic rings. The van der Waals surface area contributed by atoms with Gasteiger partial charge in [0.1, 0.15) is 0 Å². The van der Waals surface area contributed by atoms with Gasteiger partial charge >= 0.3 is 0 Å². The van der Waals surface area contributed by atoms with Crippen LogP contribution in [0.5, 0.6) is 0 Å². The van der Waals surface area contributed by atoms with Crippen molar-refractivity contribution in [2.45, 2.75) is 60.3 Å². The van der Waals surface area contributed by atoms with Crippen LogP contribution in [0.4, 0.5) is 0 Å². The SMILES string of the molecule is C=CC(=O)SCC[N+](CC)(CC)CCC/C=C/C(=O)SCC[N+](CC)(CCC)CCC. The summed E-state index contributed by atoms with van der Waals surface area (Å²) in [4.78, 5) is 23.7. The van der Waals surface area contributed by atoms with Crippen LogP contribution < -0.4 is 0 Å². The van der Waals surface area contributed by atoms with E-state index in [0.29, 0.717) is 0 Å². The van der Waals surface area contributed by atoms with Crippen molar-refractivity contribution in [3.63, 3.8) is 0 Å². The topological polar surface area (TPSA) is 34.1 Å². The van der Waals surface area contributed by atoms with E-state index in [1.807, 2.05) is 6.08 Å². The Morgan fingerprint density at radius 2 is 1.26 bits per heavy atom. The molecule has 0 rings (SSSR count). The first-order valence-electron chi connectivity index (χ1n) is 12.2. The van der Waals surface area contributed by atoms with Gasteiger partial charge in [0.15, 0.2) is 0 Å². The fraction of sp³-hybridized carbons (Fsp3) is 0.760. The van der Waals surface area contributed by atoms with E-state index in [0.717, 1.165) is 72.6 Å². The molecule has 0 unspecified atom stereocenters. The average Bonchev–Trinajstić information content (AvgIpc) is 2.77. The third-order valence-electron chi connectivity index (χ3n) is 6.45. The molecule has 0 amide bonds. The van der Waals surface area contributed by atoms with Crippen LogP contribution in [0.1, 0.15) is 60.3 Å². The minimum Gasteiger partial charge on any atom is -0.323 e. The maximum absolute atomic E-state index is 12.3. The molecule has 0 aliphatic carbocycles. The smallest absolute Gasteiger partial charge is 0.212 e. The number of rotatable bonds is 19. The molecule has 0 bridgehead atoms. The second kappa shape index (κ2) is 17.9. The van der Waals surface area contributed by atoms with Gasteiger partial charge in [-0.15, -0.1) is 0 Å². The summed E-state index contributed by atoms with van der Waals surface area (Å²) in [5.41, 5.74) is 0. The lowest BCUT2D eigenvalue weighted by Gasteiger charge is -2.37. The zero-order valence-corrected chi connectivity index (χ0v) is 22.5. The minimum atomic E-state index is 0.0589. The zero-order valence-electron chi connectivity index (χ0n) is 20.9. The second-order valence-electron chi connectivity index (χ2n) is 8.33. The molecule has 6 heteroatoms. The van der Waals surface area contributed by atoms with Gasteiger partial charge in [0.25, 0.3) is 0 Å². The third-order valence-corrected chi connectivity index (χ3v) is 8.10. The van der Waals surface area contributed by atoms with E-state index in [1.165, 1.54) is 55.5 Å². The molecule has 180 valence electrons. The Bertz CT molecular complexity index is 540. The van der Waals surface area contributed by atoms with Crippen molar-refractivity contribution in [3.8, 4) is 0 Å². The van der Waals surface area contributed by atoms with Crippen molar-refractivity contribution in [2.24, 2.45) is 0 Å². The fourth-order valence-corrected chi connectivity index (χ4v) is 5.91. The highest BCUT2D eigenvalue weighted by Crippen LogP contribution is 2.15. The molecular weight excluding hydrogens is 424 g/mol. The lowest BCUT2D eigenvalue weighted by molar-refractivity contribution is -0.924. The summed E-state index contributed by atoms with van der Waals surface area (Å²) in [6, 6.07) is 0. The molecule has 0 aromatic heterocycles. The maximum Gasteiger partial charge on any atom is 0.212 e. The first-order chi connectivity index (χ1) is 14.9. The van der Waals surface area contributed by atoms with Gasteiger partial charge in [0.05, 0.1) is 63.9 Å². The van der Waals surface area contributed by atoms with Crippen LogP contribution in [-0.2, 0) is 9.59 Å². The Kier molecular flexibility index (Phi) is 17.6. The van der Waals surface area contributed by atoms with E-state index in [9.17, 15) is 9.59 Å². The van der Waals surface area contributed by atoms with Crippen LogP contribution in [0, 0.1) is 0 Å². The molecule has 0 N–H and O–H groups in total. The first-order valence-corrected chi connectivity index (χ1v) is 14.2. The highest BCUT2D eigenvalue weighted by atomic mass is 32.2. The Labute approximate surface area is 201 Å². The summed E-state index contributed by atoms with van der Waals surface area (Å²) >= 11 is 2.83. The van der Waals surface area contributed by atoms with Crippen molar-refractivity contribution in [3.05, 3.63) is 24.8 Å². The van der Waals surface area contributed by atoms with Crippen molar-refractivity contribution in [1.29, 1.82) is 0 Å². The fourth-order valence-electron chi connectivity index (χ4n) is 4.24. The number of nitrogens with zero attached hydrogens (tertiary/aromatic N) is 2. The number of hydrogen-bond donors (Lipinski definition) is 0. The van der Waals surface area contributed by atoms with Crippen molar-refractivity contribution in [1.82, 2.24) is 0 Å². The summed E-state index contributed by atoms with van der Waals surface area (Å²) in [6.45, 7) is 23.7. The number of allylic oxidation sites excluding steroid dienone is 1. The molecule has 0 aromatic carbocycles. The van der Waals surface area contributed by atoms with Crippen molar-refractivity contribution in [2.75, 3.05) is 63.9 Å². The van der Waals surface area contributed by atoms with Gasteiger partial charge in [-0.25, -0.2) is 0 Å². The van der Waals surface area contributed by atoms with Gasteiger partial charge in [0, 0.05) is 6.42 Å². The predicted molar refractivity (Wildman–Crippen MR) is 141 cm³/mol. The van der Waals surface area contributed by atoms with Crippen molar-refractivity contribution < 1.29 is 18.6 Å². The molecule has 0 spiro atoms. The van der Waals surface area contributed by atoms with E-state index in [4.69, 9.17) is 0 Å². The Balaban J connectivity index is 4.35. The van der Waals surface area contributed by atoms with Crippen LogP contribution in [0.3, 0.4) is 0 Å². The molecule has 0 atom stereocenters. The molecule has 0 saturated heterocycles. The number of thioether (sulfide) groups is 2. The van der Waals surface area contributed by atoms with Gasteiger partial charge in [-0.3, -0.25) is 9.59 Å². The molecular formula is C25H48N2O2S2+2.